The molecule has 0 spiro atoms. The standard InChI is InChI=1S/C18H23N5O2/c1-10(14-9-13(24-5)7-8-15(14)25-6)19-18-17-16(20-12(3)21-18)11(2)22-23(17)4/h7-10H,1-6H3,(H,19,20,21). The van der Waals surface area contributed by atoms with E-state index in [1.54, 1.807) is 14.2 Å². The van der Waals surface area contributed by atoms with Crippen LogP contribution in [0.4, 0.5) is 5.82 Å². The van der Waals surface area contributed by atoms with Gasteiger partial charge in [0, 0.05) is 12.6 Å². The van der Waals surface area contributed by atoms with Crippen molar-refractivity contribution in [2.75, 3.05) is 19.5 Å². The summed E-state index contributed by atoms with van der Waals surface area (Å²) >= 11 is 0. The van der Waals surface area contributed by atoms with Crippen molar-refractivity contribution in [3.63, 3.8) is 0 Å². The van der Waals surface area contributed by atoms with Gasteiger partial charge in [-0.3, -0.25) is 4.68 Å². The number of anilines is 1. The lowest BCUT2D eigenvalue weighted by Crippen LogP contribution is -2.12. The Morgan fingerprint density at radius 3 is 2.56 bits per heavy atom. The minimum atomic E-state index is -0.0437. The van der Waals surface area contributed by atoms with E-state index in [4.69, 9.17) is 9.47 Å². The molecule has 2 aromatic heterocycles. The van der Waals surface area contributed by atoms with E-state index in [0.717, 1.165) is 39.6 Å². The number of methoxy groups -OCH3 is 2. The molecule has 3 aromatic rings. The number of nitrogens with zero attached hydrogens (tertiary/aromatic N) is 4. The van der Waals surface area contributed by atoms with Gasteiger partial charge < -0.3 is 14.8 Å². The molecule has 3 rings (SSSR count). The zero-order valence-electron chi connectivity index (χ0n) is 15.4. The molecule has 0 saturated carbocycles. The predicted octanol–water partition coefficient (Wildman–Crippen LogP) is 3.17. The highest BCUT2D eigenvalue weighted by atomic mass is 16.5. The lowest BCUT2D eigenvalue weighted by atomic mass is 10.1. The van der Waals surface area contributed by atoms with Crippen LogP contribution in [0.3, 0.4) is 0 Å². The first-order valence-corrected chi connectivity index (χ1v) is 8.11. The Labute approximate surface area is 147 Å². The van der Waals surface area contributed by atoms with Crippen LogP contribution in [0.1, 0.15) is 30.0 Å². The van der Waals surface area contributed by atoms with Crippen LogP contribution in [0.15, 0.2) is 18.2 Å². The van der Waals surface area contributed by atoms with Gasteiger partial charge >= 0.3 is 0 Å². The molecule has 132 valence electrons. The molecular weight excluding hydrogens is 318 g/mol. The maximum atomic E-state index is 5.50. The maximum Gasteiger partial charge on any atom is 0.156 e. The van der Waals surface area contributed by atoms with Crippen LogP contribution in [0, 0.1) is 13.8 Å². The first-order chi connectivity index (χ1) is 11.9. The van der Waals surface area contributed by atoms with Crippen molar-refractivity contribution in [2.45, 2.75) is 26.8 Å². The molecule has 1 N–H and O–H groups in total. The van der Waals surface area contributed by atoms with E-state index in [0.29, 0.717) is 5.82 Å². The zero-order chi connectivity index (χ0) is 18.1. The number of rotatable bonds is 5. The van der Waals surface area contributed by atoms with Crippen LogP contribution in [0.25, 0.3) is 11.0 Å². The third-order valence-corrected chi connectivity index (χ3v) is 4.22. The smallest absolute Gasteiger partial charge is 0.156 e. The van der Waals surface area contributed by atoms with Crippen molar-refractivity contribution in [3.8, 4) is 11.5 Å². The molecule has 1 unspecified atom stereocenters. The summed E-state index contributed by atoms with van der Waals surface area (Å²) in [6.45, 7) is 5.89. The second kappa shape index (κ2) is 6.58. The van der Waals surface area contributed by atoms with Crippen molar-refractivity contribution in [2.24, 2.45) is 7.05 Å². The molecule has 25 heavy (non-hydrogen) atoms. The average molecular weight is 341 g/mol. The van der Waals surface area contributed by atoms with Crippen LogP contribution in [-0.2, 0) is 7.05 Å². The van der Waals surface area contributed by atoms with E-state index in [9.17, 15) is 0 Å². The largest absolute Gasteiger partial charge is 0.497 e. The Balaban J connectivity index is 2.04. The number of aryl methyl sites for hydroxylation is 3. The number of ether oxygens (including phenoxy) is 2. The summed E-state index contributed by atoms with van der Waals surface area (Å²) in [4.78, 5) is 9.10. The van der Waals surface area contributed by atoms with E-state index >= 15 is 0 Å². The van der Waals surface area contributed by atoms with Crippen LogP contribution in [0.5, 0.6) is 11.5 Å². The second-order valence-corrected chi connectivity index (χ2v) is 6.00. The van der Waals surface area contributed by atoms with E-state index in [1.807, 2.05) is 43.8 Å². The number of benzene rings is 1. The van der Waals surface area contributed by atoms with E-state index < -0.39 is 0 Å². The lowest BCUT2D eigenvalue weighted by molar-refractivity contribution is 0.397. The fourth-order valence-electron chi connectivity index (χ4n) is 3.01. The number of hydrogen-bond donors (Lipinski definition) is 1. The summed E-state index contributed by atoms with van der Waals surface area (Å²) in [6.07, 6.45) is 0. The molecule has 7 nitrogen and oxygen atoms in total. The summed E-state index contributed by atoms with van der Waals surface area (Å²) in [6, 6.07) is 5.71. The molecule has 0 saturated heterocycles. The van der Waals surface area contributed by atoms with Gasteiger partial charge in [-0.1, -0.05) is 0 Å². The first kappa shape index (κ1) is 17.0. The number of nitrogens with one attached hydrogen (secondary N) is 1. The summed E-state index contributed by atoms with van der Waals surface area (Å²) in [5.74, 6) is 3.03. The molecular formula is C18H23N5O2. The molecule has 0 aliphatic rings. The van der Waals surface area contributed by atoms with Gasteiger partial charge in [-0.15, -0.1) is 0 Å². The zero-order valence-corrected chi connectivity index (χ0v) is 15.4. The summed E-state index contributed by atoms with van der Waals surface area (Å²) in [5.41, 5.74) is 3.63. The molecule has 0 bridgehead atoms. The number of aromatic nitrogens is 4. The second-order valence-electron chi connectivity index (χ2n) is 6.00. The van der Waals surface area contributed by atoms with Gasteiger partial charge in [-0.25, -0.2) is 9.97 Å². The van der Waals surface area contributed by atoms with Crippen molar-refractivity contribution >= 4 is 16.9 Å². The Bertz CT molecular complexity index is 919. The average Bonchev–Trinajstić information content (AvgIpc) is 2.88. The monoisotopic (exact) mass is 341 g/mol. The highest BCUT2D eigenvalue weighted by molar-refractivity contribution is 5.87. The fourth-order valence-corrected chi connectivity index (χ4v) is 3.01. The summed E-state index contributed by atoms with van der Waals surface area (Å²) < 4.78 is 12.6. The molecule has 7 heteroatoms. The highest BCUT2D eigenvalue weighted by Crippen LogP contribution is 2.32. The fraction of sp³-hybridized carbons (Fsp3) is 0.389. The van der Waals surface area contributed by atoms with Crippen molar-refractivity contribution in [3.05, 3.63) is 35.3 Å². The van der Waals surface area contributed by atoms with E-state index in [2.05, 4.69) is 27.3 Å². The third kappa shape index (κ3) is 3.09. The molecule has 1 aromatic carbocycles. The Morgan fingerprint density at radius 2 is 1.88 bits per heavy atom. The van der Waals surface area contributed by atoms with Gasteiger partial charge in [-0.2, -0.15) is 5.10 Å². The lowest BCUT2D eigenvalue weighted by Gasteiger charge is -2.19. The van der Waals surface area contributed by atoms with Crippen LogP contribution in [-0.4, -0.2) is 34.0 Å². The molecule has 0 fully saturated rings. The number of fused-ring (bicyclic) bond motifs is 1. The Hall–Kier alpha value is -2.83. The van der Waals surface area contributed by atoms with Crippen molar-refractivity contribution < 1.29 is 9.47 Å². The highest BCUT2D eigenvalue weighted by Gasteiger charge is 2.18. The molecule has 0 aliphatic heterocycles. The quantitative estimate of drug-likeness (QED) is 0.768. The van der Waals surface area contributed by atoms with E-state index in [1.165, 1.54) is 0 Å². The Morgan fingerprint density at radius 1 is 1.12 bits per heavy atom. The molecule has 0 radical (unpaired) electrons. The molecule has 2 heterocycles. The predicted molar refractivity (Wildman–Crippen MR) is 97.4 cm³/mol. The van der Waals surface area contributed by atoms with Crippen LogP contribution >= 0.6 is 0 Å². The van der Waals surface area contributed by atoms with Gasteiger partial charge in [0.15, 0.2) is 5.82 Å². The van der Waals surface area contributed by atoms with Gasteiger partial charge in [0.25, 0.3) is 0 Å². The van der Waals surface area contributed by atoms with Gasteiger partial charge in [-0.05, 0) is 39.0 Å². The van der Waals surface area contributed by atoms with Gasteiger partial charge in [0.05, 0.1) is 26.0 Å². The van der Waals surface area contributed by atoms with Crippen molar-refractivity contribution in [1.82, 2.24) is 19.7 Å². The van der Waals surface area contributed by atoms with Crippen LogP contribution in [0.2, 0.25) is 0 Å². The SMILES string of the molecule is COc1ccc(OC)c(C(C)Nc2nc(C)nc3c(C)nn(C)c23)c1. The normalized spacial score (nSPS) is 12.2. The summed E-state index contributed by atoms with van der Waals surface area (Å²) in [7, 11) is 5.21. The van der Waals surface area contributed by atoms with E-state index in [-0.39, 0.29) is 6.04 Å². The third-order valence-electron chi connectivity index (χ3n) is 4.22. The topological polar surface area (TPSA) is 74.1 Å². The summed E-state index contributed by atoms with van der Waals surface area (Å²) in [5, 5.41) is 7.94. The minimum absolute atomic E-state index is 0.0437. The van der Waals surface area contributed by atoms with Gasteiger partial charge in [0.1, 0.15) is 28.4 Å². The molecule has 1 atom stereocenters. The first-order valence-electron chi connectivity index (χ1n) is 8.11. The van der Waals surface area contributed by atoms with Crippen LogP contribution < -0.4 is 14.8 Å². The minimum Gasteiger partial charge on any atom is -0.497 e. The van der Waals surface area contributed by atoms with Crippen molar-refractivity contribution in [1.29, 1.82) is 0 Å². The molecule has 0 amide bonds. The number of hydrogen-bond acceptors (Lipinski definition) is 6. The van der Waals surface area contributed by atoms with Gasteiger partial charge in [0.2, 0.25) is 0 Å². The molecule has 0 aliphatic carbocycles. The Kier molecular flexibility index (Phi) is 4.48. The maximum absolute atomic E-state index is 5.50.